The normalized spacial score (nSPS) is 19.7. The van der Waals surface area contributed by atoms with E-state index < -0.39 is 6.26 Å². The highest BCUT2D eigenvalue weighted by Crippen LogP contribution is 2.46. The van der Waals surface area contributed by atoms with E-state index in [9.17, 15) is 4.79 Å². The van der Waals surface area contributed by atoms with Crippen LogP contribution >= 0.6 is 6.26 Å². The molecule has 1 fully saturated rings. The summed E-state index contributed by atoms with van der Waals surface area (Å²) >= 11 is 6.07. The van der Waals surface area contributed by atoms with E-state index >= 15 is 0 Å². The Labute approximate surface area is 178 Å². The van der Waals surface area contributed by atoms with Gasteiger partial charge >= 0.3 is 6.09 Å². The fourth-order valence-electron chi connectivity index (χ4n) is 3.84. The Morgan fingerprint density at radius 3 is 1.79 bits per heavy atom. The third-order valence-electron chi connectivity index (χ3n) is 5.19. The number of hydrogen-bond acceptors (Lipinski definition) is 5. The smallest absolute Gasteiger partial charge is 0.412 e. The molecule has 1 aliphatic rings. The largest absolute Gasteiger partial charge is 0.414 e. The molecule has 29 heavy (non-hydrogen) atoms. The molecule has 0 bridgehead atoms. The highest BCUT2D eigenvalue weighted by Gasteiger charge is 2.38. The van der Waals surface area contributed by atoms with Crippen molar-refractivity contribution in [3.8, 4) is 0 Å². The Morgan fingerprint density at radius 1 is 0.931 bits per heavy atom. The van der Waals surface area contributed by atoms with E-state index in [0.717, 1.165) is 29.9 Å². The van der Waals surface area contributed by atoms with E-state index in [1.165, 1.54) is 0 Å². The number of benzene rings is 2. The highest BCUT2D eigenvalue weighted by atomic mass is 32.4. The molecule has 1 amide bonds. The summed E-state index contributed by atoms with van der Waals surface area (Å²) in [6.45, 7) is 0.934. The molecular formula is C22H28NO4PS. The molecule has 0 radical (unpaired) electrons. The van der Waals surface area contributed by atoms with E-state index in [2.05, 4.69) is 0 Å². The molecule has 0 aliphatic carbocycles. The first-order chi connectivity index (χ1) is 14.1. The van der Waals surface area contributed by atoms with Crippen LogP contribution in [0.5, 0.6) is 0 Å². The second-order valence-corrected chi connectivity index (χ2v) is 11.0. The van der Waals surface area contributed by atoms with Crippen LogP contribution < -0.4 is 10.6 Å². The van der Waals surface area contributed by atoms with Crippen LogP contribution in [0, 0.1) is 0 Å². The SMILES string of the molecule is COC[C@H]1CCC[C@H](COC)N1C(=O)OP(=S)(c1ccccc1)c1ccccc1. The molecule has 0 aromatic heterocycles. The maximum absolute atomic E-state index is 13.5. The van der Waals surface area contributed by atoms with Crippen LogP contribution in [0.15, 0.2) is 60.7 Å². The van der Waals surface area contributed by atoms with E-state index in [1.54, 1.807) is 19.1 Å². The molecule has 0 spiro atoms. The number of hydrogen-bond donors (Lipinski definition) is 0. The number of methoxy groups -OCH3 is 2. The average Bonchev–Trinajstić information content (AvgIpc) is 2.75. The average molecular weight is 434 g/mol. The Balaban J connectivity index is 1.95. The second kappa shape index (κ2) is 10.4. The molecule has 3 rings (SSSR count). The Kier molecular flexibility index (Phi) is 7.84. The first-order valence-corrected chi connectivity index (χ1v) is 12.5. The van der Waals surface area contributed by atoms with Crippen molar-refractivity contribution in [2.45, 2.75) is 31.3 Å². The molecule has 2 aromatic rings. The lowest BCUT2D eigenvalue weighted by atomic mass is 9.97. The number of rotatable bonds is 7. The lowest BCUT2D eigenvalue weighted by molar-refractivity contribution is 0.00996. The number of amides is 1. The summed E-state index contributed by atoms with van der Waals surface area (Å²) < 4.78 is 17.0. The van der Waals surface area contributed by atoms with E-state index in [-0.39, 0.29) is 18.2 Å². The van der Waals surface area contributed by atoms with E-state index in [4.69, 9.17) is 25.8 Å². The molecule has 1 saturated heterocycles. The molecule has 1 aliphatic heterocycles. The highest BCUT2D eigenvalue weighted by molar-refractivity contribution is 8.19. The maximum Gasteiger partial charge on any atom is 0.414 e. The first kappa shape index (κ1) is 22.0. The lowest BCUT2D eigenvalue weighted by Gasteiger charge is -2.41. The third-order valence-corrected chi connectivity index (χ3v) is 9.05. The van der Waals surface area contributed by atoms with Crippen molar-refractivity contribution in [2.24, 2.45) is 0 Å². The van der Waals surface area contributed by atoms with Gasteiger partial charge in [-0.25, -0.2) is 4.79 Å². The van der Waals surface area contributed by atoms with Crippen LogP contribution in [0.4, 0.5) is 4.79 Å². The number of carbonyl (C=O) groups is 1. The van der Waals surface area contributed by atoms with Gasteiger partial charge in [-0.15, -0.1) is 0 Å². The minimum atomic E-state index is -2.78. The fraction of sp³-hybridized carbons (Fsp3) is 0.409. The number of ether oxygens (including phenoxy) is 2. The quantitative estimate of drug-likeness (QED) is 0.624. The predicted octanol–water partition coefficient (Wildman–Crippen LogP) is 3.68. The molecule has 5 nitrogen and oxygen atoms in total. The van der Waals surface area contributed by atoms with Crippen molar-refractivity contribution in [3.63, 3.8) is 0 Å². The molecule has 2 atom stereocenters. The first-order valence-electron chi connectivity index (χ1n) is 9.81. The molecule has 1 heterocycles. The van der Waals surface area contributed by atoms with Gasteiger partial charge in [0.1, 0.15) is 0 Å². The monoisotopic (exact) mass is 433 g/mol. The molecule has 0 N–H and O–H groups in total. The Morgan fingerprint density at radius 2 is 1.38 bits per heavy atom. The van der Waals surface area contributed by atoms with Crippen molar-refractivity contribution >= 4 is 34.8 Å². The summed E-state index contributed by atoms with van der Waals surface area (Å²) in [5, 5.41) is 1.72. The van der Waals surface area contributed by atoms with Crippen molar-refractivity contribution in [3.05, 3.63) is 60.7 Å². The molecule has 156 valence electrons. The van der Waals surface area contributed by atoms with Crippen LogP contribution in [-0.2, 0) is 25.8 Å². The zero-order chi connectivity index (χ0) is 20.7. The van der Waals surface area contributed by atoms with Gasteiger partial charge in [-0.1, -0.05) is 60.7 Å². The van der Waals surface area contributed by atoms with Gasteiger partial charge < -0.3 is 14.0 Å². The van der Waals surface area contributed by atoms with Gasteiger partial charge in [-0.3, -0.25) is 4.90 Å². The molecular weight excluding hydrogens is 405 g/mol. The number of nitrogens with zero attached hydrogens (tertiary/aromatic N) is 1. The van der Waals surface area contributed by atoms with Crippen LogP contribution in [0.3, 0.4) is 0 Å². The predicted molar refractivity (Wildman–Crippen MR) is 120 cm³/mol. The minimum Gasteiger partial charge on any atom is -0.412 e. The topological polar surface area (TPSA) is 48.0 Å². The Hall–Kier alpha value is -1.72. The zero-order valence-electron chi connectivity index (χ0n) is 16.9. The van der Waals surface area contributed by atoms with Gasteiger partial charge in [-0.2, -0.15) is 0 Å². The van der Waals surface area contributed by atoms with Gasteiger partial charge in [0.15, 0.2) is 6.26 Å². The van der Waals surface area contributed by atoms with Gasteiger partial charge in [0, 0.05) is 24.8 Å². The zero-order valence-corrected chi connectivity index (χ0v) is 18.6. The summed E-state index contributed by atoms with van der Waals surface area (Å²) in [6.07, 6.45) is -0.381. The van der Waals surface area contributed by atoms with Crippen LogP contribution in [-0.4, -0.2) is 50.5 Å². The summed E-state index contributed by atoms with van der Waals surface area (Å²) in [4.78, 5) is 15.3. The third kappa shape index (κ3) is 5.07. The van der Waals surface area contributed by atoms with Crippen LogP contribution in [0.1, 0.15) is 19.3 Å². The number of likely N-dealkylation sites (tertiary alicyclic amines) is 1. The van der Waals surface area contributed by atoms with Gasteiger partial charge in [0.05, 0.1) is 25.3 Å². The Bertz CT molecular complexity index is 772. The van der Waals surface area contributed by atoms with Crippen molar-refractivity contribution in [1.29, 1.82) is 0 Å². The van der Waals surface area contributed by atoms with Crippen molar-refractivity contribution in [2.75, 3.05) is 27.4 Å². The van der Waals surface area contributed by atoms with Gasteiger partial charge in [-0.05, 0) is 31.1 Å². The summed E-state index contributed by atoms with van der Waals surface area (Å²) in [7, 11) is 3.31. The van der Waals surface area contributed by atoms with Crippen molar-refractivity contribution < 1.29 is 18.8 Å². The summed E-state index contributed by atoms with van der Waals surface area (Å²) in [6, 6.07) is 19.2. The molecule has 0 saturated carbocycles. The minimum absolute atomic E-state index is 0.0450. The summed E-state index contributed by atoms with van der Waals surface area (Å²) in [5.41, 5.74) is 0. The van der Waals surface area contributed by atoms with Crippen LogP contribution in [0.2, 0.25) is 0 Å². The number of piperidine rings is 1. The maximum atomic E-state index is 13.5. The van der Waals surface area contributed by atoms with E-state index in [0.29, 0.717) is 13.2 Å². The van der Waals surface area contributed by atoms with E-state index in [1.807, 2.05) is 60.7 Å². The molecule has 2 aromatic carbocycles. The fourth-order valence-corrected chi connectivity index (χ4v) is 6.71. The standard InChI is InChI=1S/C22H28NO4PS/c1-25-16-18-10-9-11-19(17-26-2)23(18)22(24)27-28(29,20-12-5-3-6-13-20)21-14-7-4-8-15-21/h3-8,12-15,18-19H,9-11,16-17H2,1-2H3/t18-,19-/m1/s1. The lowest BCUT2D eigenvalue weighted by Crippen LogP contribution is -2.53. The number of carbonyl (C=O) groups excluding carboxylic acids is 1. The summed E-state index contributed by atoms with van der Waals surface area (Å²) in [5.74, 6) is 0. The van der Waals surface area contributed by atoms with Gasteiger partial charge in [0.25, 0.3) is 0 Å². The second-order valence-electron chi connectivity index (χ2n) is 7.14. The van der Waals surface area contributed by atoms with Gasteiger partial charge in [0.2, 0.25) is 0 Å². The van der Waals surface area contributed by atoms with Crippen LogP contribution in [0.25, 0.3) is 0 Å². The van der Waals surface area contributed by atoms with Crippen molar-refractivity contribution in [1.82, 2.24) is 4.90 Å². The molecule has 0 unspecified atom stereocenters. The molecule has 7 heteroatoms.